The molecular weight excluding hydrogens is 253 g/mol. The van der Waals surface area contributed by atoms with Gasteiger partial charge in [0.2, 0.25) is 6.41 Å². The quantitative estimate of drug-likeness (QED) is 0.589. The Morgan fingerprint density at radius 3 is 2.50 bits per heavy atom. The van der Waals surface area contributed by atoms with Gasteiger partial charge in [-0.1, -0.05) is 32.0 Å². The normalized spacial score (nSPS) is 15.8. The molecule has 100 valence electrons. The van der Waals surface area contributed by atoms with E-state index < -0.39 is 13.4 Å². The highest BCUT2D eigenvalue weighted by Crippen LogP contribution is 2.48. The van der Waals surface area contributed by atoms with Crippen LogP contribution in [-0.2, 0) is 9.36 Å². The molecule has 0 aliphatic rings. The van der Waals surface area contributed by atoms with Gasteiger partial charge in [-0.15, -0.1) is 0 Å². The molecule has 0 heterocycles. The summed E-state index contributed by atoms with van der Waals surface area (Å²) >= 11 is 0. The van der Waals surface area contributed by atoms with Crippen molar-refractivity contribution in [3.63, 3.8) is 0 Å². The van der Waals surface area contributed by atoms with Crippen LogP contribution in [0.4, 0.5) is 0 Å². The van der Waals surface area contributed by atoms with Crippen LogP contribution in [0.2, 0.25) is 0 Å². The zero-order valence-electron chi connectivity index (χ0n) is 10.4. The Hall–Kier alpha value is -1.32. The molecule has 0 spiro atoms. The lowest BCUT2D eigenvalue weighted by Gasteiger charge is -2.23. The SMILES string of the molecule is CC(C)CC(NC=O)P(=O)(O)Oc1ccccc1. The fourth-order valence-corrected chi connectivity index (χ4v) is 3.00. The second-order valence-corrected chi connectivity index (χ2v) is 6.33. The minimum atomic E-state index is -3.94. The average Bonchev–Trinajstić information content (AvgIpc) is 2.28. The Bertz CT molecular complexity index is 421. The highest BCUT2D eigenvalue weighted by molar-refractivity contribution is 7.54. The van der Waals surface area contributed by atoms with Gasteiger partial charge in [0, 0.05) is 0 Å². The van der Waals surface area contributed by atoms with Gasteiger partial charge in [0.15, 0.2) is 0 Å². The number of nitrogens with one attached hydrogen (secondary N) is 1. The molecule has 5 nitrogen and oxygen atoms in total. The van der Waals surface area contributed by atoms with E-state index in [9.17, 15) is 14.3 Å². The Morgan fingerprint density at radius 1 is 1.39 bits per heavy atom. The summed E-state index contributed by atoms with van der Waals surface area (Å²) in [6, 6.07) is 8.39. The summed E-state index contributed by atoms with van der Waals surface area (Å²) in [5.41, 5.74) is 0. The molecule has 0 aliphatic carbocycles. The molecule has 0 saturated carbocycles. The Balaban J connectivity index is 2.81. The van der Waals surface area contributed by atoms with Crippen LogP contribution >= 0.6 is 7.60 Å². The van der Waals surface area contributed by atoms with Gasteiger partial charge in [-0.2, -0.15) is 0 Å². The van der Waals surface area contributed by atoms with Gasteiger partial charge in [-0.25, -0.2) is 4.57 Å². The van der Waals surface area contributed by atoms with E-state index in [4.69, 9.17) is 4.52 Å². The third-order valence-electron chi connectivity index (χ3n) is 2.33. The molecule has 2 unspecified atom stereocenters. The van der Waals surface area contributed by atoms with E-state index in [2.05, 4.69) is 5.32 Å². The van der Waals surface area contributed by atoms with Gasteiger partial charge < -0.3 is 14.7 Å². The van der Waals surface area contributed by atoms with Crippen LogP contribution in [-0.4, -0.2) is 17.1 Å². The van der Waals surface area contributed by atoms with Crippen LogP contribution in [0, 0.1) is 5.92 Å². The molecule has 0 aliphatic heterocycles. The second-order valence-electron chi connectivity index (χ2n) is 4.40. The van der Waals surface area contributed by atoms with Crippen molar-refractivity contribution in [2.24, 2.45) is 5.92 Å². The molecule has 0 radical (unpaired) electrons. The minimum absolute atomic E-state index is 0.169. The molecule has 1 aromatic carbocycles. The lowest BCUT2D eigenvalue weighted by atomic mass is 10.1. The first-order valence-corrected chi connectivity index (χ1v) is 7.37. The number of para-hydroxylation sites is 1. The minimum Gasteiger partial charge on any atom is -0.423 e. The highest BCUT2D eigenvalue weighted by Gasteiger charge is 2.34. The van der Waals surface area contributed by atoms with Crippen molar-refractivity contribution in [2.45, 2.75) is 26.1 Å². The predicted octanol–water partition coefficient (Wildman–Crippen LogP) is 2.37. The standard InChI is InChI=1S/C12H18NO4P/c1-10(2)8-12(13-9-14)18(15,16)17-11-6-4-3-5-7-11/h3-7,9-10,12H,8H2,1-2H3,(H,13,14)(H,15,16). The summed E-state index contributed by atoms with van der Waals surface area (Å²) in [7, 11) is -3.94. The molecule has 0 bridgehead atoms. The van der Waals surface area contributed by atoms with Crippen molar-refractivity contribution in [1.29, 1.82) is 0 Å². The number of hydrogen-bond acceptors (Lipinski definition) is 3. The molecule has 1 aromatic rings. The van der Waals surface area contributed by atoms with Crippen LogP contribution in [0.1, 0.15) is 20.3 Å². The number of benzene rings is 1. The molecule has 1 rings (SSSR count). The first kappa shape index (κ1) is 14.7. The molecule has 1 amide bonds. The first-order valence-electron chi connectivity index (χ1n) is 5.72. The van der Waals surface area contributed by atoms with Gasteiger partial charge in [-0.05, 0) is 24.5 Å². The number of amides is 1. The topological polar surface area (TPSA) is 75.6 Å². The fourth-order valence-electron chi connectivity index (χ4n) is 1.52. The zero-order chi connectivity index (χ0) is 13.6. The van der Waals surface area contributed by atoms with Gasteiger partial charge in [-0.3, -0.25) is 4.79 Å². The van der Waals surface area contributed by atoms with Crippen LogP contribution in [0.25, 0.3) is 0 Å². The van der Waals surface area contributed by atoms with Crippen molar-refractivity contribution < 1.29 is 18.8 Å². The van der Waals surface area contributed by atoms with E-state index in [-0.39, 0.29) is 5.92 Å². The summed E-state index contributed by atoms with van der Waals surface area (Å²) in [6.45, 7) is 3.81. The summed E-state index contributed by atoms with van der Waals surface area (Å²) in [5, 5.41) is 2.36. The molecule has 0 saturated heterocycles. The van der Waals surface area contributed by atoms with Crippen molar-refractivity contribution >= 4 is 14.0 Å². The highest BCUT2D eigenvalue weighted by atomic mass is 31.2. The number of carbonyl (C=O) groups excluding carboxylic acids is 1. The number of hydrogen-bond donors (Lipinski definition) is 2. The van der Waals surface area contributed by atoms with Crippen LogP contribution in [0.15, 0.2) is 30.3 Å². The lowest BCUT2D eigenvalue weighted by Crippen LogP contribution is -2.30. The molecule has 0 aromatic heterocycles. The zero-order valence-corrected chi connectivity index (χ0v) is 11.3. The molecule has 0 fully saturated rings. The van der Waals surface area contributed by atoms with Crippen LogP contribution in [0.3, 0.4) is 0 Å². The fraction of sp³-hybridized carbons (Fsp3) is 0.417. The molecule has 6 heteroatoms. The maximum atomic E-state index is 12.1. The summed E-state index contributed by atoms with van der Waals surface area (Å²) in [5.74, 6) is -0.415. The lowest BCUT2D eigenvalue weighted by molar-refractivity contribution is -0.109. The molecule has 2 N–H and O–H groups in total. The third-order valence-corrected chi connectivity index (χ3v) is 3.95. The molecule has 2 atom stereocenters. The van der Waals surface area contributed by atoms with Gasteiger partial charge >= 0.3 is 7.60 Å². The van der Waals surface area contributed by atoms with E-state index in [1.165, 1.54) is 0 Å². The van der Waals surface area contributed by atoms with Crippen LogP contribution in [0.5, 0.6) is 5.75 Å². The number of carbonyl (C=O) groups is 1. The van der Waals surface area contributed by atoms with Crippen molar-refractivity contribution in [3.05, 3.63) is 30.3 Å². The number of rotatable bonds is 7. The smallest absolute Gasteiger partial charge is 0.398 e. The summed E-state index contributed by atoms with van der Waals surface area (Å²) in [4.78, 5) is 20.4. The third kappa shape index (κ3) is 4.51. The van der Waals surface area contributed by atoms with Crippen molar-refractivity contribution in [2.75, 3.05) is 0 Å². The van der Waals surface area contributed by atoms with Gasteiger partial charge in [0.25, 0.3) is 0 Å². The largest absolute Gasteiger partial charge is 0.423 e. The van der Waals surface area contributed by atoms with E-state index in [1.54, 1.807) is 30.3 Å². The Morgan fingerprint density at radius 2 is 2.00 bits per heavy atom. The van der Waals surface area contributed by atoms with Crippen molar-refractivity contribution in [3.8, 4) is 5.75 Å². The average molecular weight is 271 g/mol. The second kappa shape index (κ2) is 6.57. The van der Waals surface area contributed by atoms with E-state index >= 15 is 0 Å². The molecule has 18 heavy (non-hydrogen) atoms. The van der Waals surface area contributed by atoms with Crippen molar-refractivity contribution in [1.82, 2.24) is 5.32 Å². The molecular formula is C12H18NO4P. The first-order chi connectivity index (χ1) is 8.45. The van der Waals surface area contributed by atoms with Crippen LogP contribution < -0.4 is 9.84 Å². The van der Waals surface area contributed by atoms with E-state index in [1.807, 2.05) is 13.8 Å². The Labute approximate surface area is 107 Å². The summed E-state index contributed by atoms with van der Waals surface area (Å²) in [6.07, 6.45) is 0.795. The maximum Gasteiger partial charge on any atom is 0.398 e. The van der Waals surface area contributed by atoms with Gasteiger partial charge in [0.05, 0.1) is 0 Å². The Kier molecular flexibility index (Phi) is 5.38. The van der Waals surface area contributed by atoms with E-state index in [0.29, 0.717) is 18.6 Å². The van der Waals surface area contributed by atoms with Gasteiger partial charge in [0.1, 0.15) is 11.5 Å². The predicted molar refractivity (Wildman–Crippen MR) is 69.3 cm³/mol. The monoisotopic (exact) mass is 271 g/mol. The van der Waals surface area contributed by atoms with E-state index in [0.717, 1.165) is 0 Å². The summed E-state index contributed by atoms with van der Waals surface area (Å²) < 4.78 is 17.2. The maximum absolute atomic E-state index is 12.1.